The summed E-state index contributed by atoms with van der Waals surface area (Å²) in [4.78, 5) is 17.0. The Morgan fingerprint density at radius 3 is 2.64 bits per heavy atom. The summed E-state index contributed by atoms with van der Waals surface area (Å²) >= 11 is 1.52. The average Bonchev–Trinajstić information content (AvgIpc) is 2.84. The summed E-state index contributed by atoms with van der Waals surface area (Å²) in [5.74, 6) is -0.102. The van der Waals surface area contributed by atoms with Gasteiger partial charge in [0.25, 0.3) is 5.91 Å². The molecule has 1 N–H and O–H groups in total. The van der Waals surface area contributed by atoms with Crippen LogP contribution in [0.15, 0.2) is 30.3 Å². The number of carbonyl (C=O) groups is 1. The number of anilines is 1. The molecule has 3 nitrogen and oxygen atoms in total. The van der Waals surface area contributed by atoms with Crippen LogP contribution in [-0.2, 0) is 0 Å². The SMILES string of the molecule is Cc1cc(C)c2nc(NC(=O)c3cccc(C)c3C)sc2c1. The zero-order valence-corrected chi connectivity index (χ0v) is 14.0. The van der Waals surface area contributed by atoms with Crippen molar-refractivity contribution in [3.8, 4) is 0 Å². The summed E-state index contributed by atoms with van der Waals surface area (Å²) in [7, 11) is 0. The fourth-order valence-corrected chi connectivity index (χ4v) is 3.62. The number of aromatic nitrogens is 1. The van der Waals surface area contributed by atoms with E-state index in [0.717, 1.165) is 26.9 Å². The number of carbonyl (C=O) groups excluding carboxylic acids is 1. The molecule has 0 bridgehead atoms. The smallest absolute Gasteiger partial charge is 0.257 e. The molecule has 0 spiro atoms. The number of nitrogens with one attached hydrogen (secondary N) is 1. The lowest BCUT2D eigenvalue weighted by molar-refractivity contribution is 0.102. The Kier molecular flexibility index (Phi) is 3.71. The molecule has 0 radical (unpaired) electrons. The van der Waals surface area contributed by atoms with Crippen LogP contribution in [0.2, 0.25) is 0 Å². The second-order valence-corrected chi connectivity index (χ2v) is 6.68. The Morgan fingerprint density at radius 2 is 1.86 bits per heavy atom. The number of hydrogen-bond acceptors (Lipinski definition) is 3. The average molecular weight is 310 g/mol. The van der Waals surface area contributed by atoms with Gasteiger partial charge in [0.2, 0.25) is 0 Å². The summed E-state index contributed by atoms with van der Waals surface area (Å²) in [5.41, 5.74) is 6.13. The Bertz CT molecular complexity index is 880. The Hall–Kier alpha value is -2.20. The molecule has 112 valence electrons. The van der Waals surface area contributed by atoms with E-state index in [4.69, 9.17) is 0 Å². The van der Waals surface area contributed by atoms with E-state index < -0.39 is 0 Å². The van der Waals surface area contributed by atoms with E-state index in [1.54, 1.807) is 0 Å². The molecule has 0 unspecified atom stereocenters. The standard InChI is InChI=1S/C18H18N2OS/c1-10-8-12(3)16-15(9-10)22-18(19-16)20-17(21)14-7-5-6-11(2)13(14)4/h5-9H,1-4H3,(H,19,20,21). The van der Waals surface area contributed by atoms with Crippen molar-refractivity contribution < 1.29 is 4.79 Å². The summed E-state index contributed by atoms with van der Waals surface area (Å²) in [5, 5.41) is 3.58. The molecular formula is C18H18N2OS. The highest BCUT2D eigenvalue weighted by Gasteiger charge is 2.13. The number of amides is 1. The van der Waals surface area contributed by atoms with Crippen LogP contribution in [-0.4, -0.2) is 10.9 Å². The van der Waals surface area contributed by atoms with Crippen LogP contribution in [0.3, 0.4) is 0 Å². The van der Waals surface area contributed by atoms with E-state index in [2.05, 4.69) is 29.4 Å². The molecule has 1 heterocycles. The lowest BCUT2D eigenvalue weighted by Crippen LogP contribution is -2.13. The highest BCUT2D eigenvalue weighted by atomic mass is 32.1. The minimum absolute atomic E-state index is 0.102. The number of thiazole rings is 1. The highest BCUT2D eigenvalue weighted by Crippen LogP contribution is 2.29. The quantitative estimate of drug-likeness (QED) is 0.740. The van der Waals surface area contributed by atoms with Crippen molar-refractivity contribution in [2.24, 2.45) is 0 Å². The maximum atomic E-state index is 12.5. The van der Waals surface area contributed by atoms with Gasteiger partial charge in [-0.15, -0.1) is 0 Å². The molecule has 0 aliphatic carbocycles. The molecule has 4 heteroatoms. The topological polar surface area (TPSA) is 42.0 Å². The lowest BCUT2D eigenvalue weighted by Gasteiger charge is -2.07. The first kappa shape index (κ1) is 14.7. The van der Waals surface area contributed by atoms with E-state index in [-0.39, 0.29) is 5.91 Å². The molecule has 0 atom stereocenters. The summed E-state index contributed by atoms with van der Waals surface area (Å²) in [6.45, 7) is 8.10. The van der Waals surface area contributed by atoms with Gasteiger partial charge in [0.15, 0.2) is 5.13 Å². The van der Waals surface area contributed by atoms with Gasteiger partial charge in [-0.3, -0.25) is 10.1 Å². The summed E-state index contributed by atoms with van der Waals surface area (Å²) in [6, 6.07) is 9.98. The molecule has 1 aromatic heterocycles. The molecule has 3 aromatic rings. The molecular weight excluding hydrogens is 292 g/mol. The number of nitrogens with zero attached hydrogens (tertiary/aromatic N) is 1. The van der Waals surface area contributed by atoms with Gasteiger partial charge in [0.1, 0.15) is 0 Å². The van der Waals surface area contributed by atoms with E-state index in [9.17, 15) is 4.79 Å². The van der Waals surface area contributed by atoms with Crippen LogP contribution < -0.4 is 5.32 Å². The van der Waals surface area contributed by atoms with Crippen molar-refractivity contribution in [2.75, 3.05) is 5.32 Å². The minimum atomic E-state index is -0.102. The molecule has 3 rings (SSSR count). The molecule has 1 amide bonds. The van der Waals surface area contributed by atoms with E-state index in [0.29, 0.717) is 10.7 Å². The molecule has 0 fully saturated rings. The predicted octanol–water partition coefficient (Wildman–Crippen LogP) is 4.78. The zero-order valence-electron chi connectivity index (χ0n) is 13.2. The van der Waals surface area contributed by atoms with E-state index in [1.807, 2.05) is 39.0 Å². The van der Waals surface area contributed by atoms with Gasteiger partial charge in [0.05, 0.1) is 10.2 Å². The number of benzene rings is 2. The zero-order chi connectivity index (χ0) is 15.9. The third-order valence-corrected chi connectivity index (χ3v) is 4.82. The number of fused-ring (bicyclic) bond motifs is 1. The van der Waals surface area contributed by atoms with E-state index >= 15 is 0 Å². The van der Waals surface area contributed by atoms with Crippen LogP contribution in [0.25, 0.3) is 10.2 Å². The third kappa shape index (κ3) is 2.62. The molecule has 2 aromatic carbocycles. The fourth-order valence-electron chi connectivity index (χ4n) is 2.59. The first-order chi connectivity index (χ1) is 10.5. The Morgan fingerprint density at radius 1 is 1.09 bits per heavy atom. The van der Waals surface area contributed by atoms with Gasteiger partial charge in [-0.05, 0) is 62.1 Å². The first-order valence-corrected chi connectivity index (χ1v) is 8.02. The van der Waals surface area contributed by atoms with Gasteiger partial charge < -0.3 is 0 Å². The van der Waals surface area contributed by atoms with Gasteiger partial charge in [-0.25, -0.2) is 4.98 Å². The van der Waals surface area contributed by atoms with Crippen molar-refractivity contribution in [1.29, 1.82) is 0 Å². The van der Waals surface area contributed by atoms with Crippen LogP contribution >= 0.6 is 11.3 Å². The van der Waals surface area contributed by atoms with Gasteiger partial charge in [-0.2, -0.15) is 0 Å². The Labute approximate surface area is 134 Å². The lowest BCUT2D eigenvalue weighted by atomic mass is 10.0. The molecule has 0 aliphatic rings. The van der Waals surface area contributed by atoms with Crippen LogP contribution in [0, 0.1) is 27.7 Å². The van der Waals surface area contributed by atoms with Crippen molar-refractivity contribution in [3.63, 3.8) is 0 Å². The van der Waals surface area contributed by atoms with Gasteiger partial charge in [0, 0.05) is 5.56 Å². The fraction of sp³-hybridized carbons (Fsp3) is 0.222. The summed E-state index contributed by atoms with van der Waals surface area (Å²) < 4.78 is 1.11. The van der Waals surface area contributed by atoms with Gasteiger partial charge in [-0.1, -0.05) is 29.5 Å². The molecule has 0 saturated carbocycles. The van der Waals surface area contributed by atoms with Gasteiger partial charge >= 0.3 is 0 Å². The van der Waals surface area contributed by atoms with Crippen molar-refractivity contribution >= 4 is 32.6 Å². The second-order valence-electron chi connectivity index (χ2n) is 5.65. The predicted molar refractivity (Wildman–Crippen MR) is 93.0 cm³/mol. The minimum Gasteiger partial charge on any atom is -0.298 e. The number of hydrogen-bond donors (Lipinski definition) is 1. The van der Waals surface area contributed by atoms with Crippen LogP contribution in [0.5, 0.6) is 0 Å². The molecule has 0 saturated heterocycles. The molecule has 22 heavy (non-hydrogen) atoms. The monoisotopic (exact) mass is 310 g/mol. The van der Waals surface area contributed by atoms with Crippen molar-refractivity contribution in [1.82, 2.24) is 4.98 Å². The second kappa shape index (κ2) is 5.54. The van der Waals surface area contributed by atoms with Crippen molar-refractivity contribution in [3.05, 3.63) is 58.1 Å². The maximum absolute atomic E-state index is 12.5. The normalized spacial score (nSPS) is 10.9. The highest BCUT2D eigenvalue weighted by molar-refractivity contribution is 7.22. The van der Waals surface area contributed by atoms with E-state index in [1.165, 1.54) is 16.9 Å². The summed E-state index contributed by atoms with van der Waals surface area (Å²) in [6.07, 6.45) is 0. The maximum Gasteiger partial charge on any atom is 0.257 e. The van der Waals surface area contributed by atoms with Crippen molar-refractivity contribution in [2.45, 2.75) is 27.7 Å². The number of aryl methyl sites for hydroxylation is 3. The van der Waals surface area contributed by atoms with Crippen LogP contribution in [0.1, 0.15) is 32.6 Å². The first-order valence-electron chi connectivity index (χ1n) is 7.21. The van der Waals surface area contributed by atoms with Crippen LogP contribution in [0.4, 0.5) is 5.13 Å². The third-order valence-electron chi connectivity index (χ3n) is 3.90. The Balaban J connectivity index is 1.94. The number of rotatable bonds is 2. The molecule has 0 aliphatic heterocycles. The largest absolute Gasteiger partial charge is 0.298 e.